The maximum Gasteiger partial charge on any atom is 0.0159 e. The number of hydrogen-bond acceptors (Lipinski definition) is 0. The zero-order chi connectivity index (χ0) is 29.9. The summed E-state index contributed by atoms with van der Waals surface area (Å²) < 4.78 is 0. The van der Waals surface area contributed by atoms with Gasteiger partial charge in [-0.3, -0.25) is 0 Å². The van der Waals surface area contributed by atoms with Crippen LogP contribution >= 0.6 is 0 Å². The van der Waals surface area contributed by atoms with Gasteiger partial charge in [-0.25, -0.2) is 0 Å². The lowest BCUT2D eigenvalue weighted by Gasteiger charge is -2.27. The molecular weight excluding hydrogens is 516 g/mol. The minimum Gasteiger partial charge on any atom is -0.0776 e. The van der Waals surface area contributed by atoms with Crippen LogP contribution < -0.4 is 0 Å². The second-order valence-corrected chi connectivity index (χ2v) is 14.1. The third-order valence-corrected chi connectivity index (χ3v) is 10.5. The number of benzene rings is 6. The Morgan fingerprint density at radius 3 is 1.16 bits per heavy atom. The topological polar surface area (TPSA) is 0 Å². The van der Waals surface area contributed by atoms with Crippen molar-refractivity contribution < 1.29 is 0 Å². The fourth-order valence-electron chi connectivity index (χ4n) is 8.46. The molecule has 0 N–H and O–H groups in total. The van der Waals surface area contributed by atoms with E-state index in [9.17, 15) is 0 Å². The maximum atomic E-state index is 2.58. The molecule has 0 amide bonds. The Morgan fingerprint density at radius 2 is 0.814 bits per heavy atom. The number of hydrogen-bond donors (Lipinski definition) is 0. The molecule has 0 bridgehead atoms. The number of fused-ring (bicyclic) bond motifs is 8. The van der Waals surface area contributed by atoms with Crippen molar-refractivity contribution in [3.63, 3.8) is 0 Å². The molecule has 220 valence electrons. The van der Waals surface area contributed by atoms with E-state index in [0.717, 1.165) is 0 Å². The molecule has 0 heteroatoms. The molecule has 2 aliphatic carbocycles. The summed E-state index contributed by atoms with van der Waals surface area (Å²) in [6, 6.07) is 28.6. The van der Waals surface area contributed by atoms with Gasteiger partial charge in [0.2, 0.25) is 0 Å². The molecule has 6 aromatic carbocycles. The molecule has 0 nitrogen and oxygen atoms in total. The van der Waals surface area contributed by atoms with Crippen molar-refractivity contribution in [3.05, 3.63) is 106 Å². The largest absolute Gasteiger partial charge is 0.0776 e. The zero-order valence-electron chi connectivity index (χ0n) is 27.1. The molecule has 0 atom stereocenters. The van der Waals surface area contributed by atoms with Gasteiger partial charge in [0.25, 0.3) is 0 Å². The normalized spacial score (nSPS) is 15.3. The summed E-state index contributed by atoms with van der Waals surface area (Å²) >= 11 is 0. The molecule has 0 spiro atoms. The quantitative estimate of drug-likeness (QED) is 0.183. The average molecular weight is 565 g/mol. The van der Waals surface area contributed by atoms with Gasteiger partial charge in [0.15, 0.2) is 0 Å². The summed E-state index contributed by atoms with van der Waals surface area (Å²) in [5.41, 5.74) is 14.5. The molecule has 0 radical (unpaired) electrons. The van der Waals surface area contributed by atoms with E-state index in [1.807, 2.05) is 13.8 Å². The Hall–Kier alpha value is -3.64. The molecule has 8 rings (SSSR count). The van der Waals surface area contributed by atoms with Crippen LogP contribution in [0, 0.1) is 0 Å². The van der Waals surface area contributed by atoms with E-state index in [4.69, 9.17) is 0 Å². The van der Waals surface area contributed by atoms with Crippen LogP contribution in [0.15, 0.2) is 72.8 Å². The summed E-state index contributed by atoms with van der Waals surface area (Å²) in [6.45, 7) is 23.2. The highest BCUT2D eigenvalue weighted by Crippen LogP contribution is 2.58. The fraction of sp³-hybridized carbons (Fsp3) is 0.349. The molecule has 0 aromatic heterocycles. The first kappa shape index (κ1) is 29.4. The molecule has 2 aliphatic rings. The van der Waals surface area contributed by atoms with E-state index in [0.29, 0.717) is 11.8 Å². The third kappa shape index (κ3) is 3.62. The molecule has 43 heavy (non-hydrogen) atoms. The van der Waals surface area contributed by atoms with Gasteiger partial charge in [-0.15, -0.1) is 0 Å². The van der Waals surface area contributed by atoms with Gasteiger partial charge in [-0.1, -0.05) is 125 Å². The van der Waals surface area contributed by atoms with Gasteiger partial charge in [0, 0.05) is 10.8 Å². The Labute approximate surface area is 259 Å². The van der Waals surface area contributed by atoms with Crippen LogP contribution in [0.2, 0.25) is 0 Å². The molecule has 0 aliphatic heterocycles. The van der Waals surface area contributed by atoms with Gasteiger partial charge < -0.3 is 0 Å². The van der Waals surface area contributed by atoms with E-state index < -0.39 is 0 Å². The smallest absolute Gasteiger partial charge is 0.0159 e. The monoisotopic (exact) mass is 564 g/mol. The maximum absolute atomic E-state index is 2.58. The number of rotatable bonds is 2. The molecule has 0 fully saturated rings. The Balaban J connectivity index is 0.00000108. The lowest BCUT2D eigenvalue weighted by atomic mass is 9.76. The van der Waals surface area contributed by atoms with Crippen molar-refractivity contribution in [2.24, 2.45) is 0 Å². The van der Waals surface area contributed by atoms with Crippen LogP contribution in [0.3, 0.4) is 0 Å². The first-order chi connectivity index (χ1) is 20.0. The fourth-order valence-corrected chi connectivity index (χ4v) is 8.46. The summed E-state index contributed by atoms with van der Waals surface area (Å²) in [7, 11) is 0. The summed E-state index contributed by atoms with van der Waals surface area (Å²) in [4.78, 5) is 0. The molecule has 0 heterocycles. The zero-order valence-corrected chi connectivity index (χ0v) is 27.1. The Kier molecular flexibility index (Phi) is 6.63. The van der Waals surface area contributed by atoms with Gasteiger partial charge in [-0.2, -0.15) is 0 Å². The van der Waals surface area contributed by atoms with Crippen LogP contribution in [0.4, 0.5) is 0 Å². The minimum atomic E-state index is -0.0210. The van der Waals surface area contributed by atoms with Crippen LogP contribution in [0.1, 0.15) is 122 Å². The van der Waals surface area contributed by atoms with Crippen LogP contribution in [0.5, 0.6) is 0 Å². The van der Waals surface area contributed by atoms with Crippen LogP contribution in [0.25, 0.3) is 54.6 Å². The highest BCUT2D eigenvalue weighted by Gasteiger charge is 2.40. The van der Waals surface area contributed by atoms with Crippen molar-refractivity contribution in [2.45, 2.75) is 99.3 Å². The van der Waals surface area contributed by atoms with Crippen molar-refractivity contribution >= 4 is 32.3 Å². The molecular formula is C43H48. The SMILES string of the molecule is C.CC.CC(C)c1cc2c3c(cc4c(C(C)C)cc5c6c(cc1c5c42)C(C)(C)c1ccccc1-6)C(C)(C)c1ccccc1-3. The molecule has 0 saturated heterocycles. The Bertz CT molecular complexity index is 1890. The summed E-state index contributed by atoms with van der Waals surface area (Å²) in [5.74, 6) is 0.864. The van der Waals surface area contributed by atoms with Crippen molar-refractivity contribution in [1.82, 2.24) is 0 Å². The van der Waals surface area contributed by atoms with Crippen LogP contribution in [-0.4, -0.2) is 0 Å². The predicted octanol–water partition coefficient (Wildman–Crippen LogP) is 13.1. The molecule has 0 unspecified atom stereocenters. The second-order valence-electron chi connectivity index (χ2n) is 14.1. The third-order valence-electron chi connectivity index (χ3n) is 10.5. The lowest BCUT2D eigenvalue weighted by Crippen LogP contribution is -2.15. The predicted molar refractivity (Wildman–Crippen MR) is 192 cm³/mol. The van der Waals surface area contributed by atoms with Crippen LogP contribution in [-0.2, 0) is 10.8 Å². The standard InChI is InChI=1S/C40H38.C2H6.CH4/c1-21(2)25-17-29-35-23-13-9-11-15-31(23)40(7,8)34(35)20-28-26(22(3)4)18-30-36-24-14-10-12-16-32(24)39(5,6)33(36)19-27(25)37(30)38(28)29;1-2;/h9-22H,1-8H3;1-2H3;1H4. The minimum absolute atomic E-state index is 0. The van der Waals surface area contributed by atoms with Gasteiger partial charge in [0.1, 0.15) is 0 Å². The summed E-state index contributed by atoms with van der Waals surface area (Å²) in [6.07, 6.45) is 0. The first-order valence-corrected chi connectivity index (χ1v) is 16.1. The van der Waals surface area contributed by atoms with Crippen molar-refractivity contribution in [1.29, 1.82) is 0 Å². The van der Waals surface area contributed by atoms with E-state index in [-0.39, 0.29) is 18.3 Å². The average Bonchev–Trinajstić information content (AvgIpc) is 3.35. The first-order valence-electron chi connectivity index (χ1n) is 16.1. The van der Waals surface area contributed by atoms with E-state index in [1.54, 1.807) is 0 Å². The molecule has 6 aromatic rings. The van der Waals surface area contributed by atoms with Gasteiger partial charge in [0.05, 0.1) is 0 Å². The van der Waals surface area contributed by atoms with Crippen molar-refractivity contribution in [3.8, 4) is 22.3 Å². The van der Waals surface area contributed by atoms with Crippen molar-refractivity contribution in [2.75, 3.05) is 0 Å². The van der Waals surface area contributed by atoms with E-state index in [1.165, 1.54) is 88.0 Å². The summed E-state index contributed by atoms with van der Waals surface area (Å²) in [5, 5.41) is 8.72. The highest BCUT2D eigenvalue weighted by molar-refractivity contribution is 6.30. The highest BCUT2D eigenvalue weighted by atomic mass is 14.4. The Morgan fingerprint density at radius 1 is 0.465 bits per heavy atom. The lowest BCUT2D eigenvalue weighted by molar-refractivity contribution is 0.661. The van der Waals surface area contributed by atoms with Gasteiger partial charge in [-0.05, 0) is 124 Å². The van der Waals surface area contributed by atoms with E-state index >= 15 is 0 Å². The van der Waals surface area contributed by atoms with E-state index in [2.05, 4.69) is 128 Å². The molecule has 0 saturated carbocycles. The second kappa shape index (κ2) is 9.68. The van der Waals surface area contributed by atoms with Gasteiger partial charge >= 0.3 is 0 Å².